The van der Waals surface area contributed by atoms with Crippen molar-refractivity contribution in [2.75, 3.05) is 49.5 Å². The number of nitrogens with one attached hydrogen (secondary N) is 5. The predicted octanol–water partition coefficient (Wildman–Crippen LogP) is 2.88. The van der Waals surface area contributed by atoms with E-state index < -0.39 is 5.60 Å². The summed E-state index contributed by atoms with van der Waals surface area (Å²) in [5.41, 5.74) is 1.79. The highest BCUT2D eigenvalue weighted by Gasteiger charge is 2.37. The van der Waals surface area contributed by atoms with Crippen molar-refractivity contribution in [1.82, 2.24) is 30.9 Å². The molecule has 210 valence electrons. The van der Waals surface area contributed by atoms with Gasteiger partial charge in [-0.1, -0.05) is 32.9 Å². The summed E-state index contributed by atoms with van der Waals surface area (Å²) in [6, 6.07) is 7.45. The lowest BCUT2D eigenvalue weighted by molar-refractivity contribution is -0.121. The van der Waals surface area contributed by atoms with Gasteiger partial charge in [0.2, 0.25) is 5.91 Å². The number of urea groups is 1. The Morgan fingerprint density at radius 1 is 1.13 bits per heavy atom. The van der Waals surface area contributed by atoms with E-state index in [-0.39, 0.29) is 23.8 Å². The van der Waals surface area contributed by atoms with Crippen molar-refractivity contribution in [3.8, 4) is 0 Å². The van der Waals surface area contributed by atoms with E-state index in [4.69, 9.17) is 0 Å². The van der Waals surface area contributed by atoms with E-state index in [0.717, 1.165) is 21.3 Å². The highest BCUT2D eigenvalue weighted by Crippen LogP contribution is 2.33. The highest BCUT2D eigenvalue weighted by molar-refractivity contribution is 9.10. The third-order valence-electron chi connectivity index (χ3n) is 6.76. The van der Waals surface area contributed by atoms with Crippen LogP contribution in [0.15, 0.2) is 41.3 Å². The second-order valence-electron chi connectivity index (χ2n) is 10.9. The Hall–Kier alpha value is -3.22. The van der Waals surface area contributed by atoms with Crippen molar-refractivity contribution >= 4 is 50.4 Å². The van der Waals surface area contributed by atoms with Crippen LogP contribution in [-0.4, -0.2) is 76.9 Å². The molecule has 1 aromatic carbocycles. The molecular weight excluding hydrogens is 564 g/mol. The van der Waals surface area contributed by atoms with Crippen LogP contribution in [0.2, 0.25) is 0 Å². The lowest BCUT2D eigenvalue weighted by Crippen LogP contribution is -2.44. The first kappa shape index (κ1) is 28.8. The van der Waals surface area contributed by atoms with Gasteiger partial charge in [-0.2, -0.15) is 0 Å². The average molecular weight is 602 g/mol. The van der Waals surface area contributed by atoms with Gasteiger partial charge in [0, 0.05) is 62.0 Å². The van der Waals surface area contributed by atoms with Gasteiger partial charge in [-0.05, 0) is 45.5 Å². The van der Waals surface area contributed by atoms with Crippen LogP contribution in [0, 0.1) is 0 Å². The molecule has 1 fully saturated rings. The van der Waals surface area contributed by atoms with Crippen molar-refractivity contribution in [2.45, 2.75) is 44.6 Å². The SMILES string of the molecule is CC(C)(C)c1ccc(NC(=O)NCCNC(=O)CCNCC2(O)CCN(c3ncnc4[nH]cc(Br)c34)C2)cc1. The Morgan fingerprint density at radius 3 is 2.62 bits per heavy atom. The Kier molecular flexibility index (Phi) is 9.08. The van der Waals surface area contributed by atoms with Gasteiger partial charge < -0.3 is 36.3 Å². The van der Waals surface area contributed by atoms with Gasteiger partial charge in [-0.15, -0.1) is 0 Å². The third kappa shape index (κ3) is 7.68. The molecular formula is C27H37BrN8O3. The number of H-pyrrole nitrogens is 1. The molecule has 0 aliphatic carbocycles. The van der Waals surface area contributed by atoms with Crippen LogP contribution in [0.4, 0.5) is 16.3 Å². The number of fused-ring (bicyclic) bond motifs is 1. The van der Waals surface area contributed by atoms with E-state index in [9.17, 15) is 14.7 Å². The highest BCUT2D eigenvalue weighted by atomic mass is 79.9. The molecule has 1 atom stereocenters. The molecule has 4 rings (SSSR count). The van der Waals surface area contributed by atoms with E-state index in [1.165, 1.54) is 11.9 Å². The molecule has 1 aliphatic rings. The number of aliphatic hydroxyl groups is 1. The molecule has 1 saturated heterocycles. The summed E-state index contributed by atoms with van der Waals surface area (Å²) in [7, 11) is 0. The van der Waals surface area contributed by atoms with Gasteiger partial charge in [0.05, 0.1) is 11.0 Å². The topological polar surface area (TPSA) is 147 Å². The first-order valence-electron chi connectivity index (χ1n) is 13.1. The molecule has 1 aliphatic heterocycles. The molecule has 0 saturated carbocycles. The Labute approximate surface area is 236 Å². The summed E-state index contributed by atoms with van der Waals surface area (Å²) in [6.07, 6.45) is 4.21. The number of benzene rings is 1. The number of β-amino-alcohol motifs (C(OH)–C–C–N with tert-alkyl or cyclic N) is 1. The van der Waals surface area contributed by atoms with Crippen LogP contribution in [0.5, 0.6) is 0 Å². The fourth-order valence-corrected chi connectivity index (χ4v) is 5.03. The van der Waals surface area contributed by atoms with E-state index in [1.54, 1.807) is 0 Å². The molecule has 39 heavy (non-hydrogen) atoms. The second kappa shape index (κ2) is 12.3. The molecule has 0 bridgehead atoms. The van der Waals surface area contributed by atoms with Crippen LogP contribution in [0.1, 0.15) is 39.2 Å². The van der Waals surface area contributed by atoms with E-state index in [1.807, 2.05) is 30.5 Å². The van der Waals surface area contributed by atoms with E-state index in [2.05, 4.69) is 77.8 Å². The van der Waals surface area contributed by atoms with Crippen LogP contribution in [-0.2, 0) is 10.2 Å². The molecule has 3 heterocycles. The average Bonchev–Trinajstić information content (AvgIpc) is 3.47. The van der Waals surface area contributed by atoms with Gasteiger partial charge in [0.25, 0.3) is 0 Å². The van der Waals surface area contributed by atoms with E-state index in [0.29, 0.717) is 51.4 Å². The number of anilines is 2. The number of hydrogen-bond acceptors (Lipinski definition) is 7. The zero-order chi connectivity index (χ0) is 28.0. The summed E-state index contributed by atoms with van der Waals surface area (Å²) < 4.78 is 0.884. The third-order valence-corrected chi connectivity index (χ3v) is 7.38. The first-order valence-corrected chi connectivity index (χ1v) is 13.9. The molecule has 0 radical (unpaired) electrons. The smallest absolute Gasteiger partial charge is 0.319 e. The zero-order valence-corrected chi connectivity index (χ0v) is 24.2. The number of carbonyl (C=O) groups excluding carboxylic acids is 2. The number of aromatic amines is 1. The minimum Gasteiger partial charge on any atom is -0.387 e. The quantitative estimate of drug-likeness (QED) is 0.196. The standard InChI is InChI=1S/C27H37BrN8O3/c1-26(2,3)18-4-6-19(7-5-18)35-25(38)31-12-11-30-21(37)8-10-29-15-27(39)9-13-36(16-27)24-22-20(28)14-32-23(22)33-17-34-24/h4-7,14,17,29,39H,8-13,15-16H2,1-3H3,(H,30,37)(H2,31,35,38)(H,32,33,34). The predicted molar refractivity (Wildman–Crippen MR) is 156 cm³/mol. The van der Waals surface area contributed by atoms with Crippen LogP contribution in [0.3, 0.4) is 0 Å². The van der Waals surface area contributed by atoms with Crippen molar-refractivity contribution in [3.05, 3.63) is 46.8 Å². The van der Waals surface area contributed by atoms with Gasteiger partial charge in [-0.25, -0.2) is 14.8 Å². The van der Waals surface area contributed by atoms with Gasteiger partial charge >= 0.3 is 6.03 Å². The van der Waals surface area contributed by atoms with Crippen molar-refractivity contribution in [1.29, 1.82) is 0 Å². The maximum Gasteiger partial charge on any atom is 0.319 e. The Morgan fingerprint density at radius 2 is 1.87 bits per heavy atom. The Bertz CT molecular complexity index is 1290. The van der Waals surface area contributed by atoms with Gasteiger partial charge in [-0.3, -0.25) is 4.79 Å². The molecule has 0 spiro atoms. The van der Waals surface area contributed by atoms with Crippen molar-refractivity contribution in [2.24, 2.45) is 0 Å². The largest absolute Gasteiger partial charge is 0.387 e. The molecule has 3 amide bonds. The van der Waals surface area contributed by atoms with Crippen molar-refractivity contribution in [3.63, 3.8) is 0 Å². The molecule has 2 aromatic heterocycles. The summed E-state index contributed by atoms with van der Waals surface area (Å²) in [6.45, 7) is 8.98. The lowest BCUT2D eigenvalue weighted by atomic mass is 9.87. The fourth-order valence-electron chi connectivity index (χ4n) is 4.55. The van der Waals surface area contributed by atoms with Gasteiger partial charge in [0.1, 0.15) is 17.8 Å². The van der Waals surface area contributed by atoms with Crippen LogP contribution in [0.25, 0.3) is 11.0 Å². The molecule has 6 N–H and O–H groups in total. The van der Waals surface area contributed by atoms with Crippen LogP contribution < -0.4 is 26.2 Å². The number of halogens is 1. The number of aromatic nitrogens is 3. The minimum atomic E-state index is -0.916. The monoisotopic (exact) mass is 600 g/mol. The number of rotatable bonds is 10. The maximum absolute atomic E-state index is 12.2. The molecule has 12 heteroatoms. The Balaban J connectivity index is 1.10. The first-order chi connectivity index (χ1) is 18.5. The minimum absolute atomic E-state index is 0.0534. The van der Waals surface area contributed by atoms with Crippen LogP contribution >= 0.6 is 15.9 Å². The fraction of sp³-hybridized carbons (Fsp3) is 0.481. The number of amides is 3. The summed E-state index contributed by atoms with van der Waals surface area (Å²) >= 11 is 3.53. The number of nitrogens with zero attached hydrogens (tertiary/aromatic N) is 3. The summed E-state index contributed by atoms with van der Waals surface area (Å²) in [5.74, 6) is 0.660. The zero-order valence-electron chi connectivity index (χ0n) is 22.6. The normalized spacial score (nSPS) is 17.4. The summed E-state index contributed by atoms with van der Waals surface area (Å²) in [4.78, 5) is 38.1. The van der Waals surface area contributed by atoms with Crippen molar-refractivity contribution < 1.29 is 14.7 Å². The van der Waals surface area contributed by atoms with E-state index >= 15 is 0 Å². The summed E-state index contributed by atoms with van der Waals surface area (Å²) in [5, 5.41) is 23.5. The second-order valence-corrected chi connectivity index (χ2v) is 11.8. The number of carbonyl (C=O) groups is 2. The number of hydrogen-bond donors (Lipinski definition) is 6. The lowest BCUT2D eigenvalue weighted by Gasteiger charge is -2.24. The molecule has 3 aromatic rings. The maximum atomic E-state index is 12.2. The molecule has 11 nitrogen and oxygen atoms in total. The molecule has 1 unspecified atom stereocenters. The van der Waals surface area contributed by atoms with Gasteiger partial charge in [0.15, 0.2) is 0 Å².